The molecule has 0 aromatic heterocycles. The Morgan fingerprint density at radius 2 is 2.31 bits per heavy atom. The highest BCUT2D eigenvalue weighted by Crippen LogP contribution is 2.24. The zero-order valence-corrected chi connectivity index (χ0v) is 7.10. The number of nitro benzene ring substituents is 1. The molecule has 0 saturated carbocycles. The molecule has 0 fully saturated rings. The van der Waals surface area contributed by atoms with Gasteiger partial charge in [-0.25, -0.2) is 0 Å². The summed E-state index contributed by atoms with van der Waals surface area (Å²) in [5.74, 6) is 0. The Bertz CT molecular complexity index is 365. The van der Waals surface area contributed by atoms with Gasteiger partial charge in [-0.1, -0.05) is 16.8 Å². The van der Waals surface area contributed by atoms with Gasteiger partial charge in [-0.05, 0) is 17.7 Å². The van der Waals surface area contributed by atoms with Crippen LogP contribution in [0.4, 0.5) is 5.69 Å². The topological polar surface area (TPSA) is 75.7 Å². The molecule has 13 heavy (non-hydrogen) atoms. The molecule has 0 bridgehead atoms. The first kappa shape index (κ1) is 9.47. The number of rotatable bonds is 2. The number of nitro groups is 1. The van der Waals surface area contributed by atoms with E-state index in [1.54, 1.807) is 0 Å². The highest BCUT2D eigenvalue weighted by Gasteiger charge is 2.10. The van der Waals surface area contributed by atoms with E-state index in [4.69, 9.17) is 16.8 Å². The third-order valence-corrected chi connectivity index (χ3v) is 1.68. The summed E-state index contributed by atoms with van der Waals surface area (Å²) in [5.41, 5.74) is 0.329. The van der Waals surface area contributed by atoms with Crippen molar-refractivity contribution in [3.8, 4) is 0 Å². The van der Waals surface area contributed by atoms with Crippen LogP contribution in [0, 0.1) is 10.1 Å². The summed E-state index contributed by atoms with van der Waals surface area (Å²) >= 11 is 5.58. The maximum absolute atomic E-state index is 10.3. The van der Waals surface area contributed by atoms with E-state index in [0.29, 0.717) is 5.56 Å². The Hall–Kier alpha value is -1.62. The molecule has 0 amide bonds. The second-order valence-electron chi connectivity index (χ2n) is 2.21. The summed E-state index contributed by atoms with van der Waals surface area (Å²) in [4.78, 5) is 9.75. The van der Waals surface area contributed by atoms with E-state index in [2.05, 4.69) is 5.16 Å². The van der Waals surface area contributed by atoms with Gasteiger partial charge in [0.25, 0.3) is 5.69 Å². The number of oxime groups is 1. The summed E-state index contributed by atoms with van der Waals surface area (Å²) in [7, 11) is 0. The van der Waals surface area contributed by atoms with Crippen LogP contribution in [-0.2, 0) is 0 Å². The van der Waals surface area contributed by atoms with Gasteiger partial charge in [0, 0.05) is 6.07 Å². The Morgan fingerprint density at radius 1 is 1.62 bits per heavy atom. The van der Waals surface area contributed by atoms with Crippen molar-refractivity contribution in [2.45, 2.75) is 0 Å². The lowest BCUT2D eigenvalue weighted by molar-refractivity contribution is -0.384. The van der Waals surface area contributed by atoms with Crippen LogP contribution in [0.2, 0.25) is 5.02 Å². The Labute approximate surface area is 78.4 Å². The molecule has 0 aliphatic heterocycles. The van der Waals surface area contributed by atoms with E-state index in [9.17, 15) is 10.1 Å². The van der Waals surface area contributed by atoms with E-state index >= 15 is 0 Å². The molecule has 0 spiro atoms. The fourth-order valence-electron chi connectivity index (χ4n) is 0.818. The van der Waals surface area contributed by atoms with Gasteiger partial charge < -0.3 is 5.21 Å². The zero-order chi connectivity index (χ0) is 9.84. The van der Waals surface area contributed by atoms with Crippen LogP contribution in [0.3, 0.4) is 0 Å². The third kappa shape index (κ3) is 2.16. The highest BCUT2D eigenvalue weighted by atomic mass is 35.5. The molecule has 0 heterocycles. The molecule has 5 nitrogen and oxygen atoms in total. The first-order valence-corrected chi connectivity index (χ1v) is 3.64. The third-order valence-electron chi connectivity index (χ3n) is 1.38. The van der Waals surface area contributed by atoms with E-state index in [1.807, 2.05) is 0 Å². The number of nitrogens with zero attached hydrogens (tertiary/aromatic N) is 2. The number of halogens is 1. The molecular weight excluding hydrogens is 196 g/mol. The molecule has 1 N–H and O–H groups in total. The first-order valence-electron chi connectivity index (χ1n) is 3.26. The maximum atomic E-state index is 10.3. The lowest BCUT2D eigenvalue weighted by atomic mass is 10.2. The van der Waals surface area contributed by atoms with E-state index in [1.165, 1.54) is 18.2 Å². The van der Waals surface area contributed by atoms with E-state index < -0.39 is 4.92 Å². The van der Waals surface area contributed by atoms with Crippen molar-refractivity contribution in [3.63, 3.8) is 0 Å². The Kier molecular flexibility index (Phi) is 2.81. The second kappa shape index (κ2) is 3.86. The molecule has 6 heteroatoms. The van der Waals surface area contributed by atoms with E-state index in [0.717, 1.165) is 6.21 Å². The van der Waals surface area contributed by atoms with Crippen molar-refractivity contribution in [3.05, 3.63) is 38.9 Å². The van der Waals surface area contributed by atoms with E-state index in [-0.39, 0.29) is 10.7 Å². The molecular formula is C7H5ClN2O3. The van der Waals surface area contributed by atoms with Gasteiger partial charge in [0.15, 0.2) is 0 Å². The van der Waals surface area contributed by atoms with Gasteiger partial charge in [0.1, 0.15) is 5.02 Å². The minimum atomic E-state index is -0.581. The van der Waals surface area contributed by atoms with Gasteiger partial charge in [-0.15, -0.1) is 0 Å². The predicted octanol–water partition coefficient (Wildman–Crippen LogP) is 2.06. The quantitative estimate of drug-likeness (QED) is 0.344. The zero-order valence-electron chi connectivity index (χ0n) is 6.35. The van der Waals surface area contributed by atoms with Crippen LogP contribution in [0.1, 0.15) is 5.56 Å². The largest absolute Gasteiger partial charge is 0.411 e. The van der Waals surface area contributed by atoms with Crippen molar-refractivity contribution in [2.75, 3.05) is 0 Å². The first-order chi connectivity index (χ1) is 6.15. The Balaban J connectivity index is 3.12. The van der Waals surface area contributed by atoms with Crippen molar-refractivity contribution in [1.82, 2.24) is 0 Å². The van der Waals surface area contributed by atoms with Crippen molar-refractivity contribution >= 4 is 23.5 Å². The minimum Gasteiger partial charge on any atom is -0.411 e. The summed E-state index contributed by atoms with van der Waals surface area (Å²) in [6.45, 7) is 0. The van der Waals surface area contributed by atoms with Crippen molar-refractivity contribution < 1.29 is 10.1 Å². The van der Waals surface area contributed by atoms with Gasteiger partial charge >= 0.3 is 0 Å². The van der Waals surface area contributed by atoms with Crippen LogP contribution in [0.15, 0.2) is 23.4 Å². The molecule has 68 valence electrons. The predicted molar refractivity (Wildman–Crippen MR) is 47.5 cm³/mol. The van der Waals surface area contributed by atoms with Gasteiger partial charge in [-0.3, -0.25) is 10.1 Å². The molecule has 0 saturated heterocycles. The van der Waals surface area contributed by atoms with Crippen LogP contribution >= 0.6 is 11.6 Å². The molecule has 0 aliphatic rings. The highest BCUT2D eigenvalue weighted by molar-refractivity contribution is 6.32. The fourth-order valence-corrected chi connectivity index (χ4v) is 1.08. The number of hydrogen-bond acceptors (Lipinski definition) is 4. The Morgan fingerprint density at radius 3 is 2.77 bits per heavy atom. The average molecular weight is 201 g/mol. The smallest absolute Gasteiger partial charge is 0.287 e. The summed E-state index contributed by atoms with van der Waals surface area (Å²) < 4.78 is 0. The molecule has 0 aliphatic carbocycles. The second-order valence-corrected chi connectivity index (χ2v) is 2.62. The average Bonchev–Trinajstić information content (AvgIpc) is 2.04. The van der Waals surface area contributed by atoms with Crippen molar-refractivity contribution in [1.29, 1.82) is 0 Å². The van der Waals surface area contributed by atoms with Gasteiger partial charge in [0.2, 0.25) is 0 Å². The molecule has 0 unspecified atom stereocenters. The standard InChI is InChI=1S/C7H5ClN2O3/c8-6-3-5(4-9-11)1-2-7(6)10(12)13/h1-4,11H/b9-4-. The van der Waals surface area contributed by atoms with Gasteiger partial charge in [0.05, 0.1) is 11.1 Å². The lowest BCUT2D eigenvalue weighted by Gasteiger charge is -1.95. The number of benzene rings is 1. The molecule has 1 rings (SSSR count). The van der Waals surface area contributed by atoms with Crippen molar-refractivity contribution in [2.24, 2.45) is 5.16 Å². The summed E-state index contributed by atoms with van der Waals surface area (Å²) in [6.07, 6.45) is 1.13. The van der Waals surface area contributed by atoms with Crippen LogP contribution < -0.4 is 0 Å². The SMILES string of the molecule is O=[N+]([O-])c1ccc(/C=N\O)cc1Cl. The molecule has 0 radical (unpaired) electrons. The minimum absolute atomic E-state index is 0.0161. The number of hydrogen-bond donors (Lipinski definition) is 1. The lowest BCUT2D eigenvalue weighted by Crippen LogP contribution is -1.90. The van der Waals surface area contributed by atoms with Crippen LogP contribution in [-0.4, -0.2) is 16.3 Å². The summed E-state index contributed by atoms with van der Waals surface area (Å²) in [5, 5.41) is 21.3. The summed E-state index contributed by atoms with van der Waals surface area (Å²) in [6, 6.07) is 4.03. The normalized spacial score (nSPS) is 10.5. The monoisotopic (exact) mass is 200 g/mol. The fraction of sp³-hybridized carbons (Fsp3) is 0. The van der Waals surface area contributed by atoms with Crippen LogP contribution in [0.5, 0.6) is 0 Å². The van der Waals surface area contributed by atoms with Gasteiger partial charge in [-0.2, -0.15) is 0 Å². The molecule has 1 aromatic carbocycles. The van der Waals surface area contributed by atoms with Crippen LogP contribution in [0.25, 0.3) is 0 Å². The maximum Gasteiger partial charge on any atom is 0.287 e. The molecule has 0 atom stereocenters. The molecule has 1 aromatic rings.